The van der Waals surface area contributed by atoms with Crippen molar-refractivity contribution in [3.05, 3.63) is 30.1 Å². The Hall–Kier alpha value is -2.24. The number of pyridine rings is 1. The van der Waals surface area contributed by atoms with Crippen LogP contribution >= 0.6 is 0 Å². The van der Waals surface area contributed by atoms with Crippen LogP contribution in [0, 0.1) is 16.7 Å². The summed E-state index contributed by atoms with van der Waals surface area (Å²) in [5, 5.41) is 2.88. The Balaban J connectivity index is 1.64. The van der Waals surface area contributed by atoms with Crippen molar-refractivity contribution in [2.75, 3.05) is 6.54 Å². The minimum absolute atomic E-state index is 0.129. The average Bonchev–Trinajstić information content (AvgIpc) is 2.77. The van der Waals surface area contributed by atoms with E-state index in [2.05, 4.69) is 10.3 Å². The molecule has 2 bridgehead atoms. The quantitative estimate of drug-likeness (QED) is 0.817. The zero-order valence-electron chi connectivity index (χ0n) is 15.9. The van der Waals surface area contributed by atoms with E-state index >= 15 is 0 Å². The molecule has 0 radical (unpaired) electrons. The molecule has 3 atom stereocenters. The van der Waals surface area contributed by atoms with E-state index in [1.165, 1.54) is 4.90 Å². The minimum Gasteiger partial charge on any atom is -0.352 e. The Morgan fingerprint density at radius 2 is 2.08 bits per heavy atom. The van der Waals surface area contributed by atoms with E-state index in [0.717, 1.165) is 5.69 Å². The summed E-state index contributed by atoms with van der Waals surface area (Å²) < 4.78 is 0. The van der Waals surface area contributed by atoms with Gasteiger partial charge in [0.1, 0.15) is 6.54 Å². The van der Waals surface area contributed by atoms with Crippen molar-refractivity contribution >= 4 is 17.7 Å². The number of hydrogen-bond donors (Lipinski definition) is 1. The second kappa shape index (κ2) is 6.49. The maximum Gasteiger partial charge on any atom is 0.240 e. The van der Waals surface area contributed by atoms with E-state index < -0.39 is 5.41 Å². The van der Waals surface area contributed by atoms with Crippen LogP contribution in [0.15, 0.2) is 24.4 Å². The molecule has 1 saturated carbocycles. The molecule has 1 aromatic heterocycles. The lowest BCUT2D eigenvalue weighted by Gasteiger charge is -2.47. The predicted octanol–water partition coefficient (Wildman–Crippen LogP) is 1.94. The van der Waals surface area contributed by atoms with E-state index in [9.17, 15) is 14.4 Å². The summed E-state index contributed by atoms with van der Waals surface area (Å²) in [6, 6.07) is 5.52. The molecule has 0 spiro atoms. The van der Waals surface area contributed by atoms with Gasteiger partial charge in [-0.05, 0) is 37.3 Å². The van der Waals surface area contributed by atoms with Crippen LogP contribution in [-0.4, -0.2) is 40.2 Å². The highest BCUT2D eigenvalue weighted by Crippen LogP contribution is 2.59. The van der Waals surface area contributed by atoms with Crippen molar-refractivity contribution in [1.82, 2.24) is 15.2 Å². The zero-order valence-corrected chi connectivity index (χ0v) is 15.9. The van der Waals surface area contributed by atoms with Crippen molar-refractivity contribution in [3.8, 4) is 0 Å². The van der Waals surface area contributed by atoms with Crippen LogP contribution in [0.25, 0.3) is 0 Å². The smallest absolute Gasteiger partial charge is 0.240 e. The number of fused-ring (bicyclic) bond motifs is 2. The number of aromatic nitrogens is 1. The Bertz CT molecular complexity index is 731. The molecule has 140 valence electrons. The van der Waals surface area contributed by atoms with Gasteiger partial charge in [-0.25, -0.2) is 0 Å². The number of amides is 3. The van der Waals surface area contributed by atoms with Gasteiger partial charge in [-0.1, -0.05) is 26.8 Å². The standard InChI is InChI=1S/C20H27N3O3/c1-13(11-14-7-5-6-10-21-14)22-16(24)12-23-17(25)15-8-9-20(4,18(23)26)19(15,2)3/h5-7,10,13,15H,8-9,11-12H2,1-4H3,(H,22,24)/t13-,15+,20-/m0/s1. The van der Waals surface area contributed by atoms with Gasteiger partial charge in [0, 0.05) is 30.3 Å². The number of hydrogen-bond acceptors (Lipinski definition) is 4. The summed E-state index contributed by atoms with van der Waals surface area (Å²) in [6.45, 7) is 7.60. The molecule has 2 fully saturated rings. The van der Waals surface area contributed by atoms with Crippen molar-refractivity contribution in [3.63, 3.8) is 0 Å². The predicted molar refractivity (Wildman–Crippen MR) is 96.9 cm³/mol. The maximum absolute atomic E-state index is 13.0. The molecule has 1 aromatic rings. The van der Waals surface area contributed by atoms with Crippen LogP contribution in [0.2, 0.25) is 0 Å². The molecule has 1 N–H and O–H groups in total. The summed E-state index contributed by atoms with van der Waals surface area (Å²) >= 11 is 0. The topological polar surface area (TPSA) is 79.4 Å². The normalized spacial score (nSPS) is 28.2. The van der Waals surface area contributed by atoms with E-state index in [0.29, 0.717) is 19.3 Å². The molecule has 6 heteroatoms. The van der Waals surface area contributed by atoms with Crippen LogP contribution in [0.4, 0.5) is 0 Å². The number of piperidine rings is 1. The Morgan fingerprint density at radius 3 is 2.73 bits per heavy atom. The van der Waals surface area contributed by atoms with Gasteiger partial charge in [-0.2, -0.15) is 0 Å². The third-order valence-electron chi connectivity index (χ3n) is 6.46. The van der Waals surface area contributed by atoms with Gasteiger partial charge >= 0.3 is 0 Å². The summed E-state index contributed by atoms with van der Waals surface area (Å²) in [6.07, 6.45) is 3.72. The van der Waals surface area contributed by atoms with Gasteiger partial charge in [0.2, 0.25) is 17.7 Å². The van der Waals surface area contributed by atoms with Gasteiger partial charge in [0.05, 0.1) is 5.41 Å². The lowest BCUT2D eigenvalue weighted by Crippen LogP contribution is -2.60. The maximum atomic E-state index is 13.0. The third kappa shape index (κ3) is 2.91. The summed E-state index contributed by atoms with van der Waals surface area (Å²) in [4.78, 5) is 43.6. The lowest BCUT2D eigenvalue weighted by molar-refractivity contribution is -0.169. The molecule has 0 unspecified atom stereocenters. The van der Waals surface area contributed by atoms with E-state index in [-0.39, 0.29) is 41.6 Å². The fraction of sp³-hybridized carbons (Fsp3) is 0.600. The highest BCUT2D eigenvalue weighted by Gasteiger charge is 2.64. The molecule has 3 amide bonds. The number of carbonyl (C=O) groups is 3. The summed E-state index contributed by atoms with van der Waals surface area (Å²) in [5.41, 5.74) is -0.0519. The van der Waals surface area contributed by atoms with Crippen LogP contribution in [0.1, 0.15) is 46.2 Å². The highest BCUT2D eigenvalue weighted by molar-refractivity contribution is 6.06. The van der Waals surface area contributed by atoms with Crippen molar-refractivity contribution in [2.24, 2.45) is 16.7 Å². The third-order valence-corrected chi connectivity index (χ3v) is 6.46. The summed E-state index contributed by atoms with van der Waals surface area (Å²) in [5.74, 6) is -0.918. The van der Waals surface area contributed by atoms with E-state index in [1.807, 2.05) is 45.9 Å². The highest BCUT2D eigenvalue weighted by atomic mass is 16.2. The van der Waals surface area contributed by atoms with Gasteiger partial charge in [0.15, 0.2) is 0 Å². The van der Waals surface area contributed by atoms with Crippen LogP contribution in [0.5, 0.6) is 0 Å². The molecule has 6 nitrogen and oxygen atoms in total. The first-order valence-electron chi connectivity index (χ1n) is 9.22. The second-order valence-electron chi connectivity index (χ2n) is 8.37. The molecule has 26 heavy (non-hydrogen) atoms. The number of carbonyl (C=O) groups excluding carboxylic acids is 3. The first-order valence-corrected chi connectivity index (χ1v) is 9.22. The fourth-order valence-electron chi connectivity index (χ4n) is 4.40. The first kappa shape index (κ1) is 18.5. The van der Waals surface area contributed by atoms with Gasteiger partial charge < -0.3 is 5.32 Å². The van der Waals surface area contributed by atoms with Crippen LogP contribution < -0.4 is 5.32 Å². The first-order chi connectivity index (χ1) is 12.2. The van der Waals surface area contributed by atoms with Crippen molar-refractivity contribution < 1.29 is 14.4 Å². The van der Waals surface area contributed by atoms with Crippen LogP contribution in [-0.2, 0) is 20.8 Å². The van der Waals surface area contributed by atoms with Crippen molar-refractivity contribution in [1.29, 1.82) is 0 Å². The van der Waals surface area contributed by atoms with Gasteiger partial charge in [0.25, 0.3) is 0 Å². The lowest BCUT2D eigenvalue weighted by atomic mass is 9.62. The van der Waals surface area contributed by atoms with Gasteiger partial charge in [-0.3, -0.25) is 24.3 Å². The molecule has 2 heterocycles. The molecular weight excluding hydrogens is 330 g/mol. The fourth-order valence-corrected chi connectivity index (χ4v) is 4.40. The SMILES string of the molecule is C[C@@H](Cc1ccccn1)NC(=O)CN1C(=O)[C@H]2CC[C@@](C)(C1=O)C2(C)C. The van der Waals surface area contributed by atoms with Crippen LogP contribution in [0.3, 0.4) is 0 Å². The van der Waals surface area contributed by atoms with Crippen molar-refractivity contribution in [2.45, 2.75) is 53.0 Å². The largest absolute Gasteiger partial charge is 0.352 e. The molecule has 2 aliphatic rings. The molecule has 1 aliphatic carbocycles. The molecule has 1 aliphatic heterocycles. The van der Waals surface area contributed by atoms with Gasteiger partial charge in [-0.15, -0.1) is 0 Å². The molecule has 1 saturated heterocycles. The number of imide groups is 1. The molecular formula is C20H27N3O3. The average molecular weight is 357 g/mol. The summed E-state index contributed by atoms with van der Waals surface area (Å²) in [7, 11) is 0. The number of nitrogens with zero attached hydrogens (tertiary/aromatic N) is 2. The monoisotopic (exact) mass is 357 g/mol. The number of nitrogens with one attached hydrogen (secondary N) is 1. The minimum atomic E-state index is -0.578. The number of likely N-dealkylation sites (tertiary alicyclic amines) is 1. The zero-order chi connectivity index (χ0) is 19.1. The Kier molecular flexibility index (Phi) is 4.63. The van der Waals surface area contributed by atoms with E-state index in [4.69, 9.17) is 0 Å². The molecule has 0 aromatic carbocycles. The Labute approximate surface area is 154 Å². The van der Waals surface area contributed by atoms with E-state index in [1.54, 1.807) is 6.20 Å². The second-order valence-corrected chi connectivity index (χ2v) is 8.37. The molecule has 3 rings (SSSR count). The number of rotatable bonds is 5. The Morgan fingerprint density at radius 1 is 1.35 bits per heavy atom.